The van der Waals surface area contributed by atoms with Crippen molar-refractivity contribution in [1.82, 2.24) is 0 Å². The Morgan fingerprint density at radius 1 is 1.41 bits per heavy atom. The number of rotatable bonds is 3. The van der Waals surface area contributed by atoms with E-state index in [4.69, 9.17) is 11.6 Å². The molecule has 1 nitrogen and oxygen atoms in total. The number of carbonyl (C=O) groups excluding carboxylic acids is 1. The van der Waals surface area contributed by atoms with E-state index in [9.17, 15) is 9.18 Å². The Balaban J connectivity index is 2.19. The minimum atomic E-state index is -0.486. The summed E-state index contributed by atoms with van der Waals surface area (Å²) in [6.07, 6.45) is 0.204. The molecule has 0 spiro atoms. The monoisotopic (exact) mass is 268 g/mol. The van der Waals surface area contributed by atoms with Gasteiger partial charge in [-0.15, -0.1) is 11.3 Å². The van der Waals surface area contributed by atoms with Crippen molar-refractivity contribution in [3.63, 3.8) is 0 Å². The van der Waals surface area contributed by atoms with E-state index in [1.807, 2.05) is 18.4 Å². The molecule has 0 aliphatic carbocycles. The molecule has 1 aromatic heterocycles. The average molecular weight is 269 g/mol. The van der Waals surface area contributed by atoms with Crippen LogP contribution in [0.2, 0.25) is 5.02 Å². The summed E-state index contributed by atoms with van der Waals surface area (Å²) in [5.41, 5.74) is 1.61. The first-order valence-electron chi connectivity index (χ1n) is 5.09. The van der Waals surface area contributed by atoms with Crippen molar-refractivity contribution in [2.75, 3.05) is 0 Å². The summed E-state index contributed by atoms with van der Waals surface area (Å²) in [6.45, 7) is 1.90. The summed E-state index contributed by atoms with van der Waals surface area (Å²) < 4.78 is 13.2. The van der Waals surface area contributed by atoms with Crippen molar-refractivity contribution in [2.45, 2.75) is 13.3 Å². The molecule has 0 aliphatic rings. The standard InChI is InChI=1S/C13H10ClFOS/c1-8-4-5-17-13(8)12(16)7-9-2-3-10(14)11(15)6-9/h2-6H,7H2,1H3. The second-order valence-corrected chi connectivity index (χ2v) is 5.10. The number of carbonyl (C=O) groups is 1. The maximum absolute atomic E-state index is 13.2. The van der Waals surface area contributed by atoms with Crippen molar-refractivity contribution in [1.29, 1.82) is 0 Å². The van der Waals surface area contributed by atoms with Crippen molar-refractivity contribution in [2.24, 2.45) is 0 Å². The quantitative estimate of drug-likeness (QED) is 0.760. The molecule has 1 aromatic carbocycles. The van der Waals surface area contributed by atoms with Gasteiger partial charge in [-0.3, -0.25) is 4.79 Å². The smallest absolute Gasteiger partial charge is 0.177 e. The Morgan fingerprint density at radius 2 is 2.18 bits per heavy atom. The van der Waals surface area contributed by atoms with Gasteiger partial charge in [-0.2, -0.15) is 0 Å². The molecular weight excluding hydrogens is 259 g/mol. The van der Waals surface area contributed by atoms with Crippen LogP contribution in [0.5, 0.6) is 0 Å². The van der Waals surface area contributed by atoms with Gasteiger partial charge in [-0.1, -0.05) is 17.7 Å². The van der Waals surface area contributed by atoms with Crippen molar-refractivity contribution >= 4 is 28.7 Å². The van der Waals surface area contributed by atoms with Gasteiger partial charge in [0.25, 0.3) is 0 Å². The zero-order valence-corrected chi connectivity index (χ0v) is 10.7. The Hall–Kier alpha value is -1.19. The van der Waals surface area contributed by atoms with E-state index >= 15 is 0 Å². The van der Waals surface area contributed by atoms with E-state index in [2.05, 4.69) is 0 Å². The van der Waals surface area contributed by atoms with Gasteiger partial charge in [-0.25, -0.2) is 4.39 Å². The van der Waals surface area contributed by atoms with E-state index in [-0.39, 0.29) is 17.2 Å². The fourth-order valence-corrected chi connectivity index (χ4v) is 2.56. The highest BCUT2D eigenvalue weighted by molar-refractivity contribution is 7.12. The van der Waals surface area contributed by atoms with Crippen molar-refractivity contribution in [3.8, 4) is 0 Å². The molecule has 4 heteroatoms. The summed E-state index contributed by atoms with van der Waals surface area (Å²) >= 11 is 7.00. The first-order chi connectivity index (χ1) is 8.08. The molecule has 0 bridgehead atoms. The van der Waals surface area contributed by atoms with E-state index < -0.39 is 5.82 Å². The second-order valence-electron chi connectivity index (χ2n) is 3.78. The number of hydrogen-bond acceptors (Lipinski definition) is 2. The number of ketones is 1. The largest absolute Gasteiger partial charge is 0.293 e. The van der Waals surface area contributed by atoms with Crippen LogP contribution in [0.1, 0.15) is 20.8 Å². The molecule has 0 saturated carbocycles. The van der Waals surface area contributed by atoms with Gasteiger partial charge < -0.3 is 0 Å². The van der Waals surface area contributed by atoms with E-state index in [0.717, 1.165) is 10.4 Å². The second kappa shape index (κ2) is 4.98. The first-order valence-corrected chi connectivity index (χ1v) is 6.35. The van der Waals surface area contributed by atoms with Crippen LogP contribution in [0.25, 0.3) is 0 Å². The molecule has 0 saturated heterocycles. The number of halogens is 2. The van der Waals surface area contributed by atoms with Gasteiger partial charge in [0.15, 0.2) is 5.78 Å². The van der Waals surface area contributed by atoms with Crippen LogP contribution >= 0.6 is 22.9 Å². The molecule has 0 radical (unpaired) electrons. The predicted molar refractivity (Wildman–Crippen MR) is 68.5 cm³/mol. The molecule has 2 rings (SSSR count). The Bertz CT molecular complexity index is 562. The first kappa shape index (κ1) is 12.3. The van der Waals surface area contributed by atoms with Gasteiger partial charge in [0.2, 0.25) is 0 Å². The van der Waals surface area contributed by atoms with Gasteiger partial charge in [0, 0.05) is 6.42 Å². The molecule has 0 fully saturated rings. The number of hydrogen-bond donors (Lipinski definition) is 0. The predicted octanol–water partition coefficient (Wildman–Crippen LogP) is 4.27. The lowest BCUT2D eigenvalue weighted by molar-refractivity contribution is 0.0996. The zero-order chi connectivity index (χ0) is 12.4. The third kappa shape index (κ3) is 2.73. The summed E-state index contributed by atoms with van der Waals surface area (Å²) in [4.78, 5) is 12.7. The zero-order valence-electron chi connectivity index (χ0n) is 9.17. The average Bonchev–Trinajstić information content (AvgIpc) is 2.70. The van der Waals surface area contributed by atoms with Gasteiger partial charge in [-0.05, 0) is 41.6 Å². The van der Waals surface area contributed by atoms with E-state index in [1.165, 1.54) is 23.5 Å². The van der Waals surface area contributed by atoms with E-state index in [0.29, 0.717) is 5.56 Å². The van der Waals surface area contributed by atoms with Crippen LogP contribution in [0.3, 0.4) is 0 Å². The Labute approximate surface area is 108 Å². The van der Waals surface area contributed by atoms with Crippen LogP contribution in [0.15, 0.2) is 29.6 Å². The minimum absolute atomic E-state index is 0.0132. The summed E-state index contributed by atoms with van der Waals surface area (Å²) in [7, 11) is 0. The van der Waals surface area contributed by atoms with Crippen molar-refractivity contribution < 1.29 is 9.18 Å². The molecule has 0 N–H and O–H groups in total. The summed E-state index contributed by atoms with van der Waals surface area (Å²) in [6, 6.07) is 6.36. The normalized spacial score (nSPS) is 10.5. The number of Topliss-reactive ketones (excluding diaryl/α,β-unsaturated/α-hetero) is 1. The van der Waals surface area contributed by atoms with Crippen molar-refractivity contribution in [3.05, 3.63) is 56.5 Å². The van der Waals surface area contributed by atoms with Crippen LogP contribution in [0.4, 0.5) is 4.39 Å². The topological polar surface area (TPSA) is 17.1 Å². The highest BCUT2D eigenvalue weighted by Gasteiger charge is 2.12. The van der Waals surface area contributed by atoms with Gasteiger partial charge in [0.05, 0.1) is 9.90 Å². The lowest BCUT2D eigenvalue weighted by Gasteiger charge is -2.02. The summed E-state index contributed by atoms with van der Waals surface area (Å²) in [5.74, 6) is -0.473. The molecule has 0 unspecified atom stereocenters. The molecule has 88 valence electrons. The molecule has 0 amide bonds. The fourth-order valence-electron chi connectivity index (χ4n) is 1.57. The number of thiophene rings is 1. The molecular formula is C13H10ClFOS. The molecule has 2 aromatic rings. The Morgan fingerprint density at radius 3 is 2.76 bits per heavy atom. The lowest BCUT2D eigenvalue weighted by Crippen LogP contribution is -2.03. The molecule has 17 heavy (non-hydrogen) atoms. The minimum Gasteiger partial charge on any atom is -0.293 e. The maximum Gasteiger partial charge on any atom is 0.177 e. The van der Waals surface area contributed by atoms with Gasteiger partial charge >= 0.3 is 0 Å². The molecule has 0 aliphatic heterocycles. The van der Waals surface area contributed by atoms with Crippen LogP contribution < -0.4 is 0 Å². The molecule has 1 heterocycles. The van der Waals surface area contributed by atoms with Gasteiger partial charge in [0.1, 0.15) is 5.82 Å². The SMILES string of the molecule is Cc1ccsc1C(=O)Cc1ccc(Cl)c(F)c1. The fraction of sp³-hybridized carbons (Fsp3) is 0.154. The highest BCUT2D eigenvalue weighted by Crippen LogP contribution is 2.20. The van der Waals surface area contributed by atoms with Crippen LogP contribution in [-0.4, -0.2) is 5.78 Å². The lowest BCUT2D eigenvalue weighted by atomic mass is 10.1. The number of aryl methyl sites for hydroxylation is 1. The Kier molecular flexibility index (Phi) is 3.60. The van der Waals surface area contributed by atoms with Crippen LogP contribution in [0, 0.1) is 12.7 Å². The maximum atomic E-state index is 13.2. The third-order valence-electron chi connectivity index (χ3n) is 2.46. The van der Waals surface area contributed by atoms with Crippen LogP contribution in [-0.2, 0) is 6.42 Å². The van der Waals surface area contributed by atoms with E-state index in [1.54, 1.807) is 6.07 Å². The number of benzene rings is 1. The summed E-state index contributed by atoms with van der Waals surface area (Å²) in [5, 5.41) is 1.96. The highest BCUT2D eigenvalue weighted by atomic mass is 35.5. The molecule has 0 atom stereocenters. The third-order valence-corrected chi connectivity index (χ3v) is 3.83.